The molecule has 0 radical (unpaired) electrons. The Hall–Kier alpha value is -2.03. The number of hydrogen-bond donors (Lipinski definition) is 1. The highest BCUT2D eigenvalue weighted by molar-refractivity contribution is 5.50. The van der Waals surface area contributed by atoms with E-state index in [0.717, 1.165) is 12.2 Å². The molecule has 2 aromatic carbocycles. The van der Waals surface area contributed by atoms with Crippen LogP contribution in [0.25, 0.3) is 0 Å². The summed E-state index contributed by atoms with van der Waals surface area (Å²) in [6, 6.07) is 13.8. The fraction of sp³-hybridized carbons (Fsp3) is 0.333. The molecular weight excluding hydrogens is 263 g/mol. The molecule has 21 heavy (non-hydrogen) atoms. The Morgan fingerprint density at radius 1 is 1.05 bits per heavy atom. The monoisotopic (exact) mass is 284 g/mol. The molecule has 1 aliphatic heterocycles. The average Bonchev–Trinajstić information content (AvgIpc) is 3.03. The van der Waals surface area contributed by atoms with Crippen molar-refractivity contribution in [3.05, 3.63) is 59.4 Å². The zero-order chi connectivity index (χ0) is 14.7. The van der Waals surface area contributed by atoms with Crippen molar-refractivity contribution >= 4 is 11.4 Å². The highest BCUT2D eigenvalue weighted by Crippen LogP contribution is 2.21. The van der Waals surface area contributed by atoms with Gasteiger partial charge < -0.3 is 10.2 Å². The van der Waals surface area contributed by atoms with Crippen molar-refractivity contribution in [3.8, 4) is 0 Å². The molecule has 1 fully saturated rings. The molecule has 0 bridgehead atoms. The topological polar surface area (TPSA) is 15.3 Å². The van der Waals surface area contributed by atoms with Crippen LogP contribution in [0, 0.1) is 12.7 Å². The lowest BCUT2D eigenvalue weighted by Crippen LogP contribution is -2.17. The van der Waals surface area contributed by atoms with Crippen LogP contribution in [0.3, 0.4) is 0 Å². The van der Waals surface area contributed by atoms with Crippen LogP contribution < -0.4 is 10.2 Å². The number of rotatable bonds is 4. The van der Waals surface area contributed by atoms with Crippen molar-refractivity contribution < 1.29 is 4.39 Å². The van der Waals surface area contributed by atoms with Gasteiger partial charge in [-0.05, 0) is 61.2 Å². The molecule has 0 aromatic heterocycles. The molecule has 110 valence electrons. The lowest BCUT2D eigenvalue weighted by Gasteiger charge is -2.17. The molecule has 0 saturated carbocycles. The smallest absolute Gasteiger partial charge is 0.126 e. The Labute approximate surface area is 125 Å². The summed E-state index contributed by atoms with van der Waals surface area (Å²) in [7, 11) is 0. The maximum atomic E-state index is 13.2. The average molecular weight is 284 g/mol. The van der Waals surface area contributed by atoms with Crippen LogP contribution in [0.2, 0.25) is 0 Å². The third-order valence-corrected chi connectivity index (χ3v) is 4.06. The summed E-state index contributed by atoms with van der Waals surface area (Å²) in [4.78, 5) is 2.43. The highest BCUT2D eigenvalue weighted by Gasteiger charge is 2.11. The van der Waals surface area contributed by atoms with Gasteiger partial charge in [-0.1, -0.05) is 12.1 Å². The van der Waals surface area contributed by atoms with Crippen molar-refractivity contribution in [2.75, 3.05) is 23.3 Å². The minimum Gasteiger partial charge on any atom is -0.381 e. The molecule has 0 spiro atoms. The van der Waals surface area contributed by atoms with E-state index in [-0.39, 0.29) is 5.82 Å². The lowest BCUT2D eigenvalue weighted by molar-refractivity contribution is 0.618. The zero-order valence-electron chi connectivity index (χ0n) is 12.4. The van der Waals surface area contributed by atoms with Gasteiger partial charge in [-0.25, -0.2) is 4.39 Å². The van der Waals surface area contributed by atoms with Crippen molar-refractivity contribution in [1.82, 2.24) is 0 Å². The van der Waals surface area contributed by atoms with Crippen LogP contribution in [0.15, 0.2) is 42.5 Å². The summed E-state index contributed by atoms with van der Waals surface area (Å²) in [5.74, 6) is -0.157. The maximum absolute atomic E-state index is 13.2. The Kier molecular flexibility index (Phi) is 4.09. The predicted molar refractivity (Wildman–Crippen MR) is 86.4 cm³/mol. The maximum Gasteiger partial charge on any atom is 0.126 e. The summed E-state index contributed by atoms with van der Waals surface area (Å²) >= 11 is 0. The number of hydrogen-bond acceptors (Lipinski definition) is 2. The van der Waals surface area contributed by atoms with E-state index >= 15 is 0 Å². The largest absolute Gasteiger partial charge is 0.381 e. The molecule has 2 aromatic rings. The van der Waals surface area contributed by atoms with E-state index < -0.39 is 0 Å². The molecule has 1 heterocycles. The van der Waals surface area contributed by atoms with Crippen LogP contribution >= 0.6 is 0 Å². The third-order valence-electron chi connectivity index (χ3n) is 4.06. The lowest BCUT2D eigenvalue weighted by atomic mass is 10.1. The number of halogens is 1. The Bertz CT molecular complexity index is 601. The van der Waals surface area contributed by atoms with E-state index in [1.807, 2.05) is 6.07 Å². The van der Waals surface area contributed by atoms with E-state index in [4.69, 9.17) is 0 Å². The molecule has 0 aliphatic carbocycles. The van der Waals surface area contributed by atoms with Gasteiger partial charge in [-0.15, -0.1) is 0 Å². The van der Waals surface area contributed by atoms with Crippen LogP contribution in [0.5, 0.6) is 0 Å². The van der Waals surface area contributed by atoms with Crippen molar-refractivity contribution in [3.63, 3.8) is 0 Å². The minimum atomic E-state index is -0.157. The first-order valence-corrected chi connectivity index (χ1v) is 7.56. The molecule has 2 nitrogen and oxygen atoms in total. The summed E-state index contributed by atoms with van der Waals surface area (Å²) in [6.45, 7) is 4.88. The zero-order valence-corrected chi connectivity index (χ0v) is 12.4. The number of anilines is 2. The van der Waals surface area contributed by atoms with Gasteiger partial charge in [0.1, 0.15) is 5.82 Å². The van der Waals surface area contributed by atoms with Crippen molar-refractivity contribution in [2.24, 2.45) is 0 Å². The molecule has 1 saturated heterocycles. The standard InChI is InChI=1S/C18H21FN2/c1-14-12-16(6-9-18(14)19)20-13-15-4-7-17(8-5-15)21-10-2-3-11-21/h4-9,12,20H,2-3,10-11,13H2,1H3. The third kappa shape index (κ3) is 3.35. The van der Waals surface area contributed by atoms with Gasteiger partial charge in [0.25, 0.3) is 0 Å². The van der Waals surface area contributed by atoms with Crippen LogP contribution in [-0.2, 0) is 6.54 Å². The molecule has 0 unspecified atom stereocenters. The van der Waals surface area contributed by atoms with Gasteiger partial charge in [0.05, 0.1) is 0 Å². The summed E-state index contributed by atoms with van der Waals surface area (Å²) in [5, 5.41) is 3.34. The quantitative estimate of drug-likeness (QED) is 0.898. The Morgan fingerprint density at radius 2 is 1.76 bits per heavy atom. The second-order valence-corrected chi connectivity index (χ2v) is 5.68. The predicted octanol–water partition coefficient (Wildman–Crippen LogP) is 4.35. The van der Waals surface area contributed by atoms with E-state index in [9.17, 15) is 4.39 Å². The summed E-state index contributed by atoms with van der Waals surface area (Å²) < 4.78 is 13.2. The molecule has 1 N–H and O–H groups in total. The van der Waals surface area contributed by atoms with Gasteiger partial charge in [0.15, 0.2) is 0 Å². The number of aryl methyl sites for hydroxylation is 1. The SMILES string of the molecule is Cc1cc(NCc2ccc(N3CCCC3)cc2)ccc1F. The van der Waals surface area contributed by atoms with Crippen LogP contribution in [-0.4, -0.2) is 13.1 Å². The minimum absolute atomic E-state index is 0.157. The van der Waals surface area contributed by atoms with Gasteiger partial charge in [0.2, 0.25) is 0 Å². The highest BCUT2D eigenvalue weighted by atomic mass is 19.1. The molecule has 3 rings (SSSR count). The second-order valence-electron chi connectivity index (χ2n) is 5.68. The Balaban J connectivity index is 1.61. The number of benzene rings is 2. The first-order valence-electron chi connectivity index (χ1n) is 7.56. The van der Waals surface area contributed by atoms with Crippen LogP contribution in [0.4, 0.5) is 15.8 Å². The molecule has 0 atom stereocenters. The van der Waals surface area contributed by atoms with E-state index in [0.29, 0.717) is 5.56 Å². The van der Waals surface area contributed by atoms with Gasteiger partial charge in [0, 0.05) is 31.0 Å². The van der Waals surface area contributed by atoms with Crippen molar-refractivity contribution in [1.29, 1.82) is 0 Å². The molecule has 1 aliphatic rings. The first kappa shape index (κ1) is 13.9. The fourth-order valence-electron chi connectivity index (χ4n) is 2.76. The molecular formula is C18H21FN2. The second kappa shape index (κ2) is 6.17. The fourth-order valence-corrected chi connectivity index (χ4v) is 2.76. The molecule has 3 heteroatoms. The number of nitrogens with zero attached hydrogens (tertiary/aromatic N) is 1. The van der Waals surface area contributed by atoms with Crippen molar-refractivity contribution in [2.45, 2.75) is 26.3 Å². The number of nitrogens with one attached hydrogen (secondary N) is 1. The molecule has 0 amide bonds. The summed E-state index contributed by atoms with van der Waals surface area (Å²) in [5.41, 5.74) is 4.18. The van der Waals surface area contributed by atoms with Gasteiger partial charge >= 0.3 is 0 Å². The summed E-state index contributed by atoms with van der Waals surface area (Å²) in [6.07, 6.45) is 2.60. The Morgan fingerprint density at radius 3 is 2.43 bits per heavy atom. The van der Waals surface area contributed by atoms with E-state index in [1.165, 1.54) is 43.2 Å². The first-order chi connectivity index (χ1) is 10.2. The normalized spacial score (nSPS) is 14.5. The van der Waals surface area contributed by atoms with Gasteiger partial charge in [-0.3, -0.25) is 0 Å². The van der Waals surface area contributed by atoms with Crippen LogP contribution in [0.1, 0.15) is 24.0 Å². The van der Waals surface area contributed by atoms with E-state index in [1.54, 1.807) is 13.0 Å². The van der Waals surface area contributed by atoms with Gasteiger partial charge in [-0.2, -0.15) is 0 Å². The van der Waals surface area contributed by atoms with E-state index in [2.05, 4.69) is 34.5 Å².